The molecule has 1 heterocycles. The molecule has 1 atom stereocenters. The maximum atomic E-state index is 12.4. The third-order valence-corrected chi connectivity index (χ3v) is 3.83. The highest BCUT2D eigenvalue weighted by atomic mass is 16.4. The Hall–Kier alpha value is -1.79. The number of carbonyl (C=O) groups excluding carboxylic acids is 2. The number of rotatable bonds is 2. The average Bonchev–Trinajstić information content (AvgIpc) is 2.31. The van der Waals surface area contributed by atoms with Crippen LogP contribution in [0.2, 0.25) is 0 Å². The van der Waals surface area contributed by atoms with Gasteiger partial charge in [0, 0.05) is 20.1 Å². The Labute approximate surface area is 125 Å². The summed E-state index contributed by atoms with van der Waals surface area (Å²) < 4.78 is 0. The highest BCUT2D eigenvalue weighted by Crippen LogP contribution is 2.24. The van der Waals surface area contributed by atoms with E-state index in [4.69, 9.17) is 0 Å². The molecular formula is C14H25N3O4. The second kappa shape index (κ2) is 5.54. The van der Waals surface area contributed by atoms with Crippen LogP contribution < -0.4 is 5.32 Å². The van der Waals surface area contributed by atoms with E-state index < -0.39 is 29.0 Å². The lowest BCUT2D eigenvalue weighted by Crippen LogP contribution is -2.67. The van der Waals surface area contributed by atoms with Crippen LogP contribution in [0.1, 0.15) is 34.6 Å². The van der Waals surface area contributed by atoms with Crippen molar-refractivity contribution in [2.24, 2.45) is 5.41 Å². The van der Waals surface area contributed by atoms with E-state index in [-0.39, 0.29) is 5.91 Å². The van der Waals surface area contributed by atoms with Gasteiger partial charge in [0.15, 0.2) is 0 Å². The number of nitrogens with one attached hydrogen (secondary N) is 1. The fourth-order valence-corrected chi connectivity index (χ4v) is 2.42. The monoisotopic (exact) mass is 299 g/mol. The molecule has 1 aliphatic heterocycles. The van der Waals surface area contributed by atoms with E-state index >= 15 is 0 Å². The fraction of sp³-hybridized carbons (Fsp3) is 0.786. The van der Waals surface area contributed by atoms with Crippen LogP contribution in [0.4, 0.5) is 4.79 Å². The molecule has 0 aromatic rings. The number of carbonyl (C=O) groups is 3. The normalized spacial score (nSPS) is 20.2. The predicted octanol–water partition coefficient (Wildman–Crippen LogP) is 0.748. The summed E-state index contributed by atoms with van der Waals surface area (Å²) in [4.78, 5) is 38.9. The number of carboxylic acids is 1. The molecule has 0 saturated carbocycles. The zero-order valence-electron chi connectivity index (χ0n) is 13.6. The van der Waals surface area contributed by atoms with Crippen molar-refractivity contribution >= 4 is 17.9 Å². The van der Waals surface area contributed by atoms with Gasteiger partial charge in [-0.2, -0.15) is 0 Å². The van der Waals surface area contributed by atoms with Crippen molar-refractivity contribution in [2.45, 2.75) is 46.2 Å². The molecule has 2 N–H and O–H groups in total. The third kappa shape index (κ3) is 3.46. The van der Waals surface area contributed by atoms with Crippen LogP contribution in [0.25, 0.3) is 0 Å². The summed E-state index contributed by atoms with van der Waals surface area (Å²) >= 11 is 0. The van der Waals surface area contributed by atoms with Gasteiger partial charge in [0.25, 0.3) is 0 Å². The molecule has 0 unspecified atom stereocenters. The Kier molecular flexibility index (Phi) is 4.55. The Morgan fingerprint density at radius 2 is 1.81 bits per heavy atom. The van der Waals surface area contributed by atoms with E-state index in [1.807, 2.05) is 0 Å². The number of carboxylic acid groups (broad SMARTS) is 1. The lowest BCUT2D eigenvalue weighted by Gasteiger charge is -2.45. The van der Waals surface area contributed by atoms with Gasteiger partial charge in [-0.1, -0.05) is 20.8 Å². The highest BCUT2D eigenvalue weighted by molar-refractivity contribution is 5.92. The molecular weight excluding hydrogens is 274 g/mol. The van der Waals surface area contributed by atoms with Crippen LogP contribution in [-0.4, -0.2) is 64.5 Å². The number of piperazine rings is 1. The summed E-state index contributed by atoms with van der Waals surface area (Å²) in [6, 6.07) is -1.54. The van der Waals surface area contributed by atoms with Crippen molar-refractivity contribution in [3.05, 3.63) is 0 Å². The summed E-state index contributed by atoms with van der Waals surface area (Å²) in [5.74, 6) is -1.25. The standard InChI is InChI=1S/C14H25N3O4/c1-13(2,3)9(10(18)19)15-12(21)17-8-7-16(6)11(20)14(17,4)5/h9H,7-8H2,1-6H3,(H,15,21)(H,18,19)/t9-/m1/s1. The van der Waals surface area contributed by atoms with E-state index in [0.29, 0.717) is 13.1 Å². The fourth-order valence-electron chi connectivity index (χ4n) is 2.42. The van der Waals surface area contributed by atoms with Crippen LogP contribution in [0, 0.1) is 5.41 Å². The van der Waals surface area contributed by atoms with E-state index in [1.54, 1.807) is 46.6 Å². The Morgan fingerprint density at radius 1 is 1.29 bits per heavy atom. The maximum Gasteiger partial charge on any atom is 0.326 e. The lowest BCUT2D eigenvalue weighted by molar-refractivity contribution is -0.144. The summed E-state index contributed by atoms with van der Waals surface area (Å²) in [5.41, 5.74) is -1.61. The first-order valence-electron chi connectivity index (χ1n) is 6.95. The van der Waals surface area contributed by atoms with Crippen LogP contribution >= 0.6 is 0 Å². The van der Waals surface area contributed by atoms with Crippen LogP contribution in [-0.2, 0) is 9.59 Å². The molecule has 0 aromatic heterocycles. The summed E-state index contributed by atoms with van der Waals surface area (Å²) in [5, 5.41) is 11.8. The second-order valence-corrected chi connectivity index (χ2v) is 7.02. The van der Waals surface area contributed by atoms with Crippen molar-refractivity contribution < 1.29 is 19.5 Å². The molecule has 1 fully saturated rings. The largest absolute Gasteiger partial charge is 0.480 e. The second-order valence-electron chi connectivity index (χ2n) is 7.02. The molecule has 1 rings (SSSR count). The molecule has 7 heteroatoms. The minimum absolute atomic E-state index is 0.161. The van der Waals surface area contributed by atoms with Crippen molar-refractivity contribution in [1.29, 1.82) is 0 Å². The topological polar surface area (TPSA) is 89.9 Å². The van der Waals surface area contributed by atoms with E-state index in [2.05, 4.69) is 5.32 Å². The van der Waals surface area contributed by atoms with E-state index in [9.17, 15) is 19.5 Å². The average molecular weight is 299 g/mol. The molecule has 21 heavy (non-hydrogen) atoms. The Bertz CT molecular complexity index is 454. The van der Waals surface area contributed by atoms with Gasteiger partial charge >= 0.3 is 12.0 Å². The van der Waals surface area contributed by atoms with Crippen LogP contribution in [0.3, 0.4) is 0 Å². The summed E-state index contributed by atoms with van der Waals surface area (Å²) in [6.07, 6.45) is 0. The SMILES string of the molecule is CN1CCN(C(=O)N[C@H](C(=O)O)C(C)(C)C)C(C)(C)C1=O. The van der Waals surface area contributed by atoms with E-state index in [1.165, 1.54) is 4.90 Å². The predicted molar refractivity (Wildman–Crippen MR) is 77.8 cm³/mol. The van der Waals surface area contributed by atoms with Gasteiger partial charge in [-0.15, -0.1) is 0 Å². The highest BCUT2D eigenvalue weighted by Gasteiger charge is 2.44. The molecule has 0 aromatic carbocycles. The molecule has 1 aliphatic rings. The van der Waals surface area contributed by atoms with Crippen molar-refractivity contribution in [1.82, 2.24) is 15.1 Å². The van der Waals surface area contributed by atoms with E-state index in [0.717, 1.165) is 0 Å². The number of urea groups is 1. The lowest BCUT2D eigenvalue weighted by atomic mass is 9.87. The first-order chi connectivity index (χ1) is 9.39. The van der Waals surface area contributed by atoms with Crippen LogP contribution in [0.15, 0.2) is 0 Å². The zero-order valence-corrected chi connectivity index (χ0v) is 13.6. The quantitative estimate of drug-likeness (QED) is 0.787. The first kappa shape index (κ1) is 17.3. The number of amides is 3. The van der Waals surface area contributed by atoms with Gasteiger partial charge in [0.05, 0.1) is 0 Å². The molecule has 120 valence electrons. The van der Waals surface area contributed by atoms with Gasteiger partial charge in [-0.25, -0.2) is 9.59 Å². The Morgan fingerprint density at radius 3 is 2.24 bits per heavy atom. The molecule has 1 saturated heterocycles. The van der Waals surface area contributed by atoms with Crippen molar-refractivity contribution in [3.8, 4) is 0 Å². The van der Waals surface area contributed by atoms with Crippen LogP contribution in [0.5, 0.6) is 0 Å². The third-order valence-electron chi connectivity index (χ3n) is 3.83. The van der Waals surface area contributed by atoms with Crippen molar-refractivity contribution in [2.75, 3.05) is 20.1 Å². The number of likely N-dealkylation sites (N-methyl/N-ethyl adjacent to an activating group) is 1. The number of nitrogens with zero attached hydrogens (tertiary/aromatic N) is 2. The van der Waals surface area contributed by atoms with Gasteiger partial charge in [0.2, 0.25) is 5.91 Å². The maximum absolute atomic E-state index is 12.4. The van der Waals surface area contributed by atoms with Gasteiger partial charge in [0.1, 0.15) is 11.6 Å². The summed E-state index contributed by atoms with van der Waals surface area (Å²) in [7, 11) is 1.69. The molecule has 0 bridgehead atoms. The number of hydrogen-bond acceptors (Lipinski definition) is 3. The number of aliphatic carboxylic acids is 1. The number of hydrogen-bond donors (Lipinski definition) is 2. The molecule has 7 nitrogen and oxygen atoms in total. The smallest absolute Gasteiger partial charge is 0.326 e. The van der Waals surface area contributed by atoms with Gasteiger partial charge < -0.3 is 20.2 Å². The first-order valence-corrected chi connectivity index (χ1v) is 6.95. The summed E-state index contributed by atoms with van der Waals surface area (Å²) in [6.45, 7) is 9.36. The molecule has 0 aliphatic carbocycles. The molecule has 3 amide bonds. The Balaban J connectivity index is 2.93. The minimum atomic E-state index is -1.09. The van der Waals surface area contributed by atoms with Crippen molar-refractivity contribution in [3.63, 3.8) is 0 Å². The molecule has 0 radical (unpaired) electrons. The van der Waals surface area contributed by atoms with Gasteiger partial charge in [-0.05, 0) is 19.3 Å². The molecule has 0 spiro atoms. The van der Waals surface area contributed by atoms with Gasteiger partial charge in [-0.3, -0.25) is 4.79 Å². The zero-order chi connectivity index (χ0) is 16.6. The minimum Gasteiger partial charge on any atom is -0.480 e.